The fraction of sp³-hybridized carbons (Fsp3) is 0.435. The van der Waals surface area contributed by atoms with Gasteiger partial charge in [-0.3, -0.25) is 4.79 Å². The number of aromatic hydroxyl groups is 1. The van der Waals surface area contributed by atoms with Crippen LogP contribution in [-0.4, -0.2) is 60.5 Å². The molecule has 1 aromatic heterocycles. The summed E-state index contributed by atoms with van der Waals surface area (Å²) in [6, 6.07) is 5.14. The van der Waals surface area contributed by atoms with Crippen molar-refractivity contribution >= 4 is 35.1 Å². The van der Waals surface area contributed by atoms with E-state index < -0.39 is 42.0 Å². The first kappa shape index (κ1) is 27.5. The molecule has 1 aromatic carbocycles. The number of ether oxygens (including phenoxy) is 4. The highest BCUT2D eigenvalue weighted by Crippen LogP contribution is 2.30. The molecule has 0 saturated carbocycles. The summed E-state index contributed by atoms with van der Waals surface area (Å²) in [5, 5.41) is 13.3. The number of hydrogen-bond donors (Lipinski definition) is 2. The fourth-order valence-electron chi connectivity index (χ4n) is 3.17. The number of amides is 1. The van der Waals surface area contributed by atoms with Crippen LogP contribution < -0.4 is 14.8 Å². The lowest BCUT2D eigenvalue weighted by Gasteiger charge is -2.31. The third kappa shape index (κ3) is 6.88. The number of methoxy groups -OCH3 is 2. The standard InChI is InChI=1S/C23H28Cl2N2O7/c1-6-16(31-4)21(34-17-8-7-14(24)11-15(17)25)13(3)33-23(30)12(2)27-22(29)19-20(28)18(32-5)9-10-26-19/h7-13,16,21,28H,6H2,1-5H3,(H,27,29)/t12-,13-,16-,21-/m0/s1. The molecular weight excluding hydrogens is 487 g/mol. The minimum atomic E-state index is -1.05. The minimum Gasteiger partial charge on any atom is -0.503 e. The van der Waals surface area contributed by atoms with Crippen molar-refractivity contribution in [2.24, 2.45) is 0 Å². The molecular formula is C23H28Cl2N2O7. The third-order valence-electron chi connectivity index (χ3n) is 5.02. The second-order valence-electron chi connectivity index (χ2n) is 7.39. The summed E-state index contributed by atoms with van der Waals surface area (Å²) in [6.45, 7) is 5.00. The highest BCUT2D eigenvalue weighted by Gasteiger charge is 2.33. The molecule has 0 unspecified atom stereocenters. The van der Waals surface area contributed by atoms with Crippen molar-refractivity contribution in [3.8, 4) is 17.2 Å². The third-order valence-corrected chi connectivity index (χ3v) is 5.55. The Kier molecular flexibility index (Phi) is 10.2. The summed E-state index contributed by atoms with van der Waals surface area (Å²) < 4.78 is 22.1. The molecule has 9 nitrogen and oxygen atoms in total. The Morgan fingerprint density at radius 3 is 2.44 bits per heavy atom. The molecule has 1 amide bonds. The van der Waals surface area contributed by atoms with E-state index in [2.05, 4.69) is 10.3 Å². The Bertz CT molecular complexity index is 1000. The number of aromatic nitrogens is 1. The molecule has 2 aromatic rings. The van der Waals surface area contributed by atoms with Gasteiger partial charge in [-0.25, -0.2) is 9.78 Å². The van der Waals surface area contributed by atoms with E-state index in [0.717, 1.165) is 0 Å². The van der Waals surface area contributed by atoms with Crippen LogP contribution in [0.4, 0.5) is 0 Å². The van der Waals surface area contributed by atoms with Gasteiger partial charge in [0.25, 0.3) is 5.91 Å². The average Bonchev–Trinajstić information content (AvgIpc) is 2.80. The second kappa shape index (κ2) is 12.6. The van der Waals surface area contributed by atoms with E-state index >= 15 is 0 Å². The molecule has 0 bridgehead atoms. The number of hydrogen-bond acceptors (Lipinski definition) is 8. The molecule has 4 atom stereocenters. The highest BCUT2D eigenvalue weighted by molar-refractivity contribution is 6.35. The lowest BCUT2D eigenvalue weighted by atomic mass is 10.1. The van der Waals surface area contributed by atoms with Crippen molar-refractivity contribution < 1.29 is 33.6 Å². The largest absolute Gasteiger partial charge is 0.503 e. The Morgan fingerprint density at radius 2 is 1.85 bits per heavy atom. The second-order valence-corrected chi connectivity index (χ2v) is 8.23. The topological polar surface area (TPSA) is 116 Å². The zero-order valence-corrected chi connectivity index (χ0v) is 21.0. The zero-order valence-electron chi connectivity index (χ0n) is 19.5. The van der Waals surface area contributed by atoms with Crippen LogP contribution >= 0.6 is 23.2 Å². The van der Waals surface area contributed by atoms with E-state index in [4.69, 9.17) is 42.1 Å². The quantitative estimate of drug-likeness (QED) is 0.431. The molecule has 0 aliphatic carbocycles. The predicted octanol–water partition coefficient (Wildman–Crippen LogP) is 4.03. The molecule has 11 heteroatoms. The lowest BCUT2D eigenvalue weighted by molar-refractivity contribution is -0.159. The van der Waals surface area contributed by atoms with E-state index in [1.54, 1.807) is 25.1 Å². The van der Waals surface area contributed by atoms with E-state index in [1.165, 1.54) is 33.4 Å². The van der Waals surface area contributed by atoms with Crippen LogP contribution in [0.1, 0.15) is 37.7 Å². The van der Waals surface area contributed by atoms with Gasteiger partial charge < -0.3 is 29.4 Å². The Labute approximate surface area is 208 Å². The molecule has 0 aliphatic rings. The number of carbonyl (C=O) groups excluding carboxylic acids is 2. The molecule has 186 valence electrons. The smallest absolute Gasteiger partial charge is 0.328 e. The van der Waals surface area contributed by atoms with Gasteiger partial charge in [-0.15, -0.1) is 0 Å². The maximum atomic E-state index is 12.7. The molecule has 2 rings (SSSR count). The van der Waals surface area contributed by atoms with E-state index in [0.29, 0.717) is 22.2 Å². The first-order valence-electron chi connectivity index (χ1n) is 10.5. The van der Waals surface area contributed by atoms with E-state index in [-0.39, 0.29) is 11.4 Å². The molecule has 2 N–H and O–H groups in total. The molecule has 0 saturated heterocycles. The fourth-order valence-corrected chi connectivity index (χ4v) is 3.62. The van der Waals surface area contributed by atoms with Gasteiger partial charge in [0.05, 0.1) is 18.2 Å². The van der Waals surface area contributed by atoms with Crippen LogP contribution in [0.25, 0.3) is 0 Å². The van der Waals surface area contributed by atoms with Gasteiger partial charge in [-0.1, -0.05) is 30.1 Å². The normalized spacial score (nSPS) is 14.4. The zero-order chi connectivity index (χ0) is 25.4. The van der Waals surface area contributed by atoms with Crippen molar-refractivity contribution in [1.29, 1.82) is 0 Å². The molecule has 34 heavy (non-hydrogen) atoms. The first-order chi connectivity index (χ1) is 16.1. The highest BCUT2D eigenvalue weighted by atomic mass is 35.5. The van der Waals surface area contributed by atoms with Gasteiger partial charge in [0.15, 0.2) is 23.3 Å². The van der Waals surface area contributed by atoms with Crippen LogP contribution in [0.2, 0.25) is 10.0 Å². The monoisotopic (exact) mass is 514 g/mol. The SMILES string of the molecule is CC[C@H](OC)[C@@H](Oc1ccc(Cl)cc1Cl)[C@H](C)OC(=O)[C@H](C)NC(=O)c1nccc(OC)c1O. The Morgan fingerprint density at radius 1 is 1.15 bits per heavy atom. The van der Waals surface area contributed by atoms with Crippen LogP contribution in [0.5, 0.6) is 17.2 Å². The summed E-state index contributed by atoms with van der Waals surface area (Å²) in [6.07, 6.45) is -0.0203. The average molecular weight is 515 g/mol. The van der Waals surface area contributed by atoms with Gasteiger partial charge in [-0.05, 0) is 38.5 Å². The number of benzene rings is 1. The molecule has 0 radical (unpaired) electrons. The van der Waals surface area contributed by atoms with E-state index in [1.807, 2.05) is 6.92 Å². The number of halogens is 2. The van der Waals surface area contributed by atoms with Crippen molar-refractivity contribution in [1.82, 2.24) is 10.3 Å². The molecule has 0 aliphatic heterocycles. The van der Waals surface area contributed by atoms with Gasteiger partial charge >= 0.3 is 5.97 Å². The van der Waals surface area contributed by atoms with Gasteiger partial charge in [-0.2, -0.15) is 0 Å². The number of esters is 1. The Hall–Kier alpha value is -2.75. The van der Waals surface area contributed by atoms with Crippen molar-refractivity contribution in [3.05, 3.63) is 46.2 Å². The number of nitrogens with one attached hydrogen (secondary N) is 1. The molecule has 0 fully saturated rings. The van der Waals surface area contributed by atoms with Crippen molar-refractivity contribution in [3.63, 3.8) is 0 Å². The van der Waals surface area contributed by atoms with Gasteiger partial charge in [0.2, 0.25) is 0 Å². The Balaban J connectivity index is 2.12. The summed E-state index contributed by atoms with van der Waals surface area (Å²) >= 11 is 12.2. The maximum Gasteiger partial charge on any atom is 0.328 e. The molecule has 0 spiro atoms. The van der Waals surface area contributed by atoms with E-state index in [9.17, 15) is 14.7 Å². The number of pyridine rings is 1. The molecule has 1 heterocycles. The number of carbonyl (C=O) groups is 2. The first-order valence-corrected chi connectivity index (χ1v) is 11.3. The summed E-state index contributed by atoms with van der Waals surface area (Å²) in [4.78, 5) is 29.1. The number of rotatable bonds is 11. The van der Waals surface area contributed by atoms with Crippen LogP contribution in [0.3, 0.4) is 0 Å². The lowest BCUT2D eigenvalue weighted by Crippen LogP contribution is -2.47. The summed E-state index contributed by atoms with van der Waals surface area (Å²) in [7, 11) is 2.87. The van der Waals surface area contributed by atoms with Gasteiger partial charge in [0.1, 0.15) is 17.9 Å². The minimum absolute atomic E-state index is 0.0787. The van der Waals surface area contributed by atoms with Crippen molar-refractivity contribution in [2.45, 2.75) is 51.5 Å². The van der Waals surface area contributed by atoms with Crippen molar-refractivity contribution in [2.75, 3.05) is 14.2 Å². The predicted molar refractivity (Wildman–Crippen MR) is 127 cm³/mol. The van der Waals surface area contributed by atoms with Crippen LogP contribution in [0.15, 0.2) is 30.5 Å². The summed E-state index contributed by atoms with van der Waals surface area (Å²) in [5.74, 6) is -1.48. The van der Waals surface area contributed by atoms with Crippen LogP contribution in [-0.2, 0) is 14.3 Å². The summed E-state index contributed by atoms with van der Waals surface area (Å²) in [5.41, 5.74) is -0.281. The maximum absolute atomic E-state index is 12.7. The van der Waals surface area contributed by atoms with Crippen LogP contribution in [0, 0.1) is 0 Å². The van der Waals surface area contributed by atoms with Gasteiger partial charge in [0, 0.05) is 24.4 Å². The number of nitrogens with zero attached hydrogens (tertiary/aromatic N) is 1.